The first-order valence-electron chi connectivity index (χ1n) is 7.25. The predicted octanol–water partition coefficient (Wildman–Crippen LogP) is -1.67. The number of oxime groups is 1. The Morgan fingerprint density at radius 3 is 3.00 bits per heavy atom. The normalized spacial score (nSPS) is 22.2. The molecule has 2 rings (SSSR count). The summed E-state index contributed by atoms with van der Waals surface area (Å²) in [4.78, 5) is 7.40. The molecule has 6 nitrogen and oxygen atoms in total. The third kappa shape index (κ3) is 6.23. The molecule has 0 aromatic rings. The van der Waals surface area contributed by atoms with Crippen LogP contribution in [0.2, 0.25) is 0 Å². The fourth-order valence-electron chi connectivity index (χ4n) is 2.23. The second-order valence-corrected chi connectivity index (χ2v) is 7.68. The van der Waals surface area contributed by atoms with Crippen molar-refractivity contribution in [2.24, 2.45) is 5.16 Å². The number of aliphatic hydroxyl groups excluding tert-OH is 1. The van der Waals surface area contributed by atoms with Gasteiger partial charge in [-0.2, -0.15) is 0 Å². The molecule has 0 radical (unpaired) electrons. The Hall–Kier alpha value is -0.640. The zero-order valence-electron chi connectivity index (χ0n) is 12.2. The van der Waals surface area contributed by atoms with Gasteiger partial charge in [0.15, 0.2) is 0 Å². The number of β-amino-alcohol motifs (C(OH)–C–C–N with tert-alkyl or cyclic N) is 1. The van der Waals surface area contributed by atoms with E-state index < -0.39 is 27.6 Å². The van der Waals surface area contributed by atoms with Crippen molar-refractivity contribution >= 4 is 23.0 Å². The van der Waals surface area contributed by atoms with Crippen molar-refractivity contribution in [3.63, 3.8) is 0 Å². The van der Waals surface area contributed by atoms with Gasteiger partial charge in [0.1, 0.15) is 0 Å². The number of likely N-dealkylation sites (tertiary alicyclic amines) is 1. The molecule has 0 aliphatic carbocycles. The molecule has 0 bridgehead atoms. The molecule has 0 amide bonds. The van der Waals surface area contributed by atoms with Crippen LogP contribution in [0.25, 0.3) is 0 Å². The van der Waals surface area contributed by atoms with Gasteiger partial charge in [0, 0.05) is 0 Å². The molecule has 0 aromatic carbocycles. The second kappa shape index (κ2) is 9.49. The fraction of sp³-hybridized carbons (Fsp3) is 0.571. The van der Waals surface area contributed by atoms with Gasteiger partial charge >= 0.3 is 146 Å². The van der Waals surface area contributed by atoms with Gasteiger partial charge in [-0.05, 0) is 0 Å². The number of piperidine rings is 1. The Labute approximate surface area is 146 Å². The number of hydrogen-bond donors (Lipinski definition) is 2. The van der Waals surface area contributed by atoms with Crippen molar-refractivity contribution in [3.8, 4) is 0 Å². The van der Waals surface area contributed by atoms with E-state index in [9.17, 15) is 10.3 Å². The fourth-order valence-corrected chi connectivity index (χ4v) is 4.04. The van der Waals surface area contributed by atoms with Gasteiger partial charge in [0.25, 0.3) is 0 Å². The van der Waals surface area contributed by atoms with E-state index in [-0.39, 0.29) is 11.8 Å². The Morgan fingerprint density at radius 2 is 2.23 bits per heavy atom. The SMILES string of the molecule is O[C@@H](CO/N=C(\Cl)C1=C[I-][N+](O)=CC=C1)CN1CCCCC1. The van der Waals surface area contributed by atoms with Crippen LogP contribution in [-0.2, 0) is 4.84 Å². The van der Waals surface area contributed by atoms with Crippen molar-refractivity contribution in [1.82, 2.24) is 4.90 Å². The monoisotopic (exact) mass is 441 g/mol. The summed E-state index contributed by atoms with van der Waals surface area (Å²) in [5, 5.41) is 23.4. The summed E-state index contributed by atoms with van der Waals surface area (Å²) < 4.78 is 2.99. The molecule has 2 heterocycles. The number of halogens is 2. The van der Waals surface area contributed by atoms with Crippen molar-refractivity contribution < 1.29 is 39.6 Å². The van der Waals surface area contributed by atoms with Crippen LogP contribution >= 0.6 is 11.6 Å². The van der Waals surface area contributed by atoms with Crippen molar-refractivity contribution in [1.29, 1.82) is 0 Å². The summed E-state index contributed by atoms with van der Waals surface area (Å²) in [5.74, 6) is 0. The predicted molar refractivity (Wildman–Crippen MR) is 80.9 cm³/mol. The van der Waals surface area contributed by atoms with Crippen LogP contribution in [0.4, 0.5) is 0 Å². The Balaban J connectivity index is 1.74. The molecule has 0 unspecified atom stereocenters. The Morgan fingerprint density at radius 1 is 1.45 bits per heavy atom. The van der Waals surface area contributed by atoms with Crippen molar-refractivity contribution in [2.45, 2.75) is 25.4 Å². The molecule has 2 N–H and O–H groups in total. The van der Waals surface area contributed by atoms with Crippen LogP contribution in [0.3, 0.4) is 0 Å². The minimum atomic E-state index is -0.659. The molecule has 1 saturated heterocycles. The van der Waals surface area contributed by atoms with Crippen LogP contribution in [0.5, 0.6) is 0 Å². The summed E-state index contributed by atoms with van der Waals surface area (Å²) >= 11 is 5.41. The van der Waals surface area contributed by atoms with Gasteiger partial charge in [-0.15, -0.1) is 0 Å². The van der Waals surface area contributed by atoms with Crippen LogP contribution in [0.1, 0.15) is 19.3 Å². The van der Waals surface area contributed by atoms with E-state index in [4.69, 9.17) is 16.4 Å². The van der Waals surface area contributed by atoms with Gasteiger partial charge < -0.3 is 0 Å². The topological polar surface area (TPSA) is 68.3 Å². The van der Waals surface area contributed by atoms with Crippen molar-refractivity contribution in [2.75, 3.05) is 26.2 Å². The van der Waals surface area contributed by atoms with E-state index in [0.29, 0.717) is 12.1 Å². The molecule has 1 atom stereocenters. The van der Waals surface area contributed by atoms with E-state index in [1.165, 1.54) is 19.3 Å². The van der Waals surface area contributed by atoms with Crippen LogP contribution in [0.15, 0.2) is 27.0 Å². The molecule has 2 aliphatic heterocycles. The molecule has 124 valence electrons. The van der Waals surface area contributed by atoms with Gasteiger partial charge in [-0.1, -0.05) is 0 Å². The van der Waals surface area contributed by atoms with E-state index in [1.54, 1.807) is 18.4 Å². The Bertz CT molecular complexity index is 488. The number of hydrogen-bond acceptors (Lipinski definition) is 5. The summed E-state index contributed by atoms with van der Waals surface area (Å²) in [5.41, 5.74) is 0.716. The summed E-state index contributed by atoms with van der Waals surface area (Å²) in [7, 11) is 0. The molecule has 0 aromatic heterocycles. The van der Waals surface area contributed by atoms with E-state index in [1.807, 2.05) is 4.08 Å². The summed E-state index contributed by atoms with van der Waals surface area (Å²) in [6, 6.07) is 0. The molecule has 1 fully saturated rings. The van der Waals surface area contributed by atoms with E-state index in [2.05, 4.69) is 10.1 Å². The second-order valence-electron chi connectivity index (χ2n) is 5.15. The first-order chi connectivity index (χ1) is 10.6. The van der Waals surface area contributed by atoms with Crippen LogP contribution in [0, 0.1) is 0 Å². The van der Waals surface area contributed by atoms with Gasteiger partial charge in [-0.3, -0.25) is 0 Å². The maximum absolute atomic E-state index is 9.96. The minimum absolute atomic E-state index is 0.122. The summed E-state index contributed by atoms with van der Waals surface area (Å²) in [6.45, 7) is 2.81. The molecular formula is C14H21ClIN3O3. The number of rotatable bonds is 6. The zero-order valence-corrected chi connectivity index (χ0v) is 15.2. The Kier molecular flexibility index (Phi) is 7.64. The number of aliphatic hydroxyl groups is 1. The standard InChI is InChI=1S/C14H21ClIN3O3/c15-14(12-5-4-8-19(21)16-9-12)17-22-11-13(20)10-18-6-2-1-3-7-18/h4-5,8-9,13,20-21H,1-3,6-7,10-11H2/b17-14-/t13-/m1/s1. The third-order valence-corrected chi connectivity index (χ3v) is 5.45. The zero-order chi connectivity index (χ0) is 15.8. The van der Waals surface area contributed by atoms with E-state index >= 15 is 0 Å². The van der Waals surface area contributed by atoms with E-state index in [0.717, 1.165) is 16.0 Å². The third-order valence-electron chi connectivity index (χ3n) is 3.32. The number of nitrogens with zero attached hydrogens (tertiary/aromatic N) is 3. The average molecular weight is 442 g/mol. The van der Waals surface area contributed by atoms with Gasteiger partial charge in [0.05, 0.1) is 0 Å². The quantitative estimate of drug-likeness (QED) is 0.170. The van der Waals surface area contributed by atoms with Gasteiger partial charge in [0.2, 0.25) is 0 Å². The average Bonchev–Trinajstić information content (AvgIpc) is 2.73. The molecular weight excluding hydrogens is 421 g/mol. The maximum atomic E-state index is 9.96. The molecule has 8 heteroatoms. The number of allylic oxidation sites excluding steroid dienone is 3. The first-order valence-corrected chi connectivity index (χ1v) is 9.84. The van der Waals surface area contributed by atoms with Gasteiger partial charge in [-0.25, -0.2) is 0 Å². The van der Waals surface area contributed by atoms with Crippen molar-refractivity contribution in [3.05, 3.63) is 21.8 Å². The summed E-state index contributed by atoms with van der Waals surface area (Å²) in [6.07, 6.45) is 8.12. The molecule has 2 aliphatic rings. The first kappa shape index (κ1) is 17.7. The molecule has 0 saturated carbocycles. The van der Waals surface area contributed by atoms with Crippen LogP contribution in [-0.4, -0.2) is 61.9 Å². The molecule has 0 spiro atoms. The van der Waals surface area contributed by atoms with Crippen LogP contribution < -0.4 is 21.5 Å². The molecule has 22 heavy (non-hydrogen) atoms.